The fraction of sp³-hybridized carbons (Fsp3) is 0. The van der Waals surface area contributed by atoms with Gasteiger partial charge in [-0.3, -0.25) is 0 Å². The largest absolute Gasteiger partial charge is 0.356 e. The maximum Gasteiger partial charge on any atom is 0.0546 e. The molecule has 0 saturated carbocycles. The second-order valence-corrected chi connectivity index (χ2v) is 9.17. The third-order valence-corrected chi connectivity index (χ3v) is 6.63. The lowest BCUT2D eigenvalue weighted by Crippen LogP contribution is -2.11. The molecule has 6 aromatic rings. The van der Waals surface area contributed by atoms with Crippen LogP contribution in [0.3, 0.4) is 0 Å². The zero-order chi connectivity index (χ0) is 25.6. The Kier molecular flexibility index (Phi) is 6.69. The van der Waals surface area contributed by atoms with Crippen LogP contribution in [0.2, 0.25) is 0 Å². The van der Waals surface area contributed by atoms with Gasteiger partial charge in [0, 0.05) is 28.3 Å². The van der Waals surface area contributed by atoms with Crippen LogP contribution >= 0.6 is 0 Å². The third kappa shape index (κ3) is 5.07. The molecule has 38 heavy (non-hydrogen) atoms. The summed E-state index contributed by atoms with van der Waals surface area (Å²) in [5.41, 5.74) is 10.2. The summed E-state index contributed by atoms with van der Waals surface area (Å²) in [4.78, 5) is 2.35. The zero-order valence-corrected chi connectivity index (χ0v) is 21.0. The standard InChI is InChI=1S/C36H28N2/c1-5-13-28(14-6-1)30-23-26-35(29-21-24-32(25-22-29)37-31-15-7-2-8-16-31)36(27-30)38(33-17-9-3-10-18-33)34-19-11-4-12-20-34/h1-27,37H. The van der Waals surface area contributed by atoms with Gasteiger partial charge < -0.3 is 10.2 Å². The zero-order valence-electron chi connectivity index (χ0n) is 21.0. The molecular formula is C36H28N2. The monoisotopic (exact) mass is 488 g/mol. The Balaban J connectivity index is 1.48. The first-order valence-electron chi connectivity index (χ1n) is 12.9. The van der Waals surface area contributed by atoms with Crippen molar-refractivity contribution in [2.24, 2.45) is 0 Å². The minimum atomic E-state index is 1.06. The fourth-order valence-electron chi connectivity index (χ4n) is 4.77. The molecule has 0 saturated heterocycles. The van der Waals surface area contributed by atoms with Gasteiger partial charge in [-0.1, -0.05) is 109 Å². The van der Waals surface area contributed by atoms with Gasteiger partial charge in [0.25, 0.3) is 0 Å². The van der Waals surface area contributed by atoms with Crippen LogP contribution in [0.1, 0.15) is 0 Å². The number of hydrogen-bond donors (Lipinski definition) is 1. The van der Waals surface area contributed by atoms with E-state index in [1.807, 2.05) is 18.2 Å². The Labute approximate surface area is 224 Å². The molecule has 0 aliphatic heterocycles. The van der Waals surface area contributed by atoms with Crippen LogP contribution in [0, 0.1) is 0 Å². The molecule has 2 heteroatoms. The number of benzene rings is 6. The lowest BCUT2D eigenvalue weighted by atomic mass is 9.96. The lowest BCUT2D eigenvalue weighted by Gasteiger charge is -2.28. The van der Waals surface area contributed by atoms with Crippen LogP contribution in [0.15, 0.2) is 164 Å². The Morgan fingerprint density at radius 3 is 1.42 bits per heavy atom. The molecule has 0 fully saturated rings. The summed E-state index contributed by atoms with van der Waals surface area (Å²) in [5, 5.41) is 3.49. The Morgan fingerprint density at radius 2 is 0.842 bits per heavy atom. The van der Waals surface area contributed by atoms with Crippen molar-refractivity contribution in [2.45, 2.75) is 0 Å². The van der Waals surface area contributed by atoms with Gasteiger partial charge in [0.15, 0.2) is 0 Å². The second-order valence-electron chi connectivity index (χ2n) is 9.17. The molecule has 0 aliphatic rings. The molecule has 0 aliphatic carbocycles. The first-order chi connectivity index (χ1) is 18.8. The average molecular weight is 489 g/mol. The van der Waals surface area contributed by atoms with Crippen molar-refractivity contribution < 1.29 is 0 Å². The topological polar surface area (TPSA) is 15.3 Å². The summed E-state index contributed by atoms with van der Waals surface area (Å²) in [6.45, 7) is 0. The summed E-state index contributed by atoms with van der Waals surface area (Å²) in [6.07, 6.45) is 0. The van der Waals surface area contributed by atoms with E-state index < -0.39 is 0 Å². The highest BCUT2D eigenvalue weighted by Gasteiger charge is 2.18. The van der Waals surface area contributed by atoms with E-state index in [1.54, 1.807) is 0 Å². The van der Waals surface area contributed by atoms with Gasteiger partial charge >= 0.3 is 0 Å². The maximum absolute atomic E-state index is 3.49. The number of rotatable bonds is 7. The van der Waals surface area contributed by atoms with Crippen LogP contribution < -0.4 is 10.2 Å². The van der Waals surface area contributed by atoms with Crippen LogP contribution in [-0.4, -0.2) is 0 Å². The van der Waals surface area contributed by atoms with Crippen LogP contribution in [0.25, 0.3) is 22.3 Å². The van der Waals surface area contributed by atoms with Crippen LogP contribution in [0.4, 0.5) is 28.4 Å². The molecular weight excluding hydrogens is 460 g/mol. The van der Waals surface area contributed by atoms with E-state index in [1.165, 1.54) is 16.7 Å². The van der Waals surface area contributed by atoms with Gasteiger partial charge in [0.05, 0.1) is 5.69 Å². The van der Waals surface area contributed by atoms with Crippen molar-refractivity contribution >= 4 is 28.4 Å². The van der Waals surface area contributed by atoms with Crippen molar-refractivity contribution in [3.63, 3.8) is 0 Å². The van der Waals surface area contributed by atoms with Crippen molar-refractivity contribution in [1.82, 2.24) is 0 Å². The maximum atomic E-state index is 3.49. The lowest BCUT2D eigenvalue weighted by molar-refractivity contribution is 1.28. The van der Waals surface area contributed by atoms with Gasteiger partial charge in [-0.05, 0) is 71.3 Å². The Bertz CT molecular complexity index is 1560. The molecule has 2 nitrogen and oxygen atoms in total. The van der Waals surface area contributed by atoms with Gasteiger partial charge in [0.1, 0.15) is 0 Å². The van der Waals surface area contributed by atoms with Crippen molar-refractivity contribution in [3.05, 3.63) is 164 Å². The van der Waals surface area contributed by atoms with E-state index >= 15 is 0 Å². The van der Waals surface area contributed by atoms with E-state index in [4.69, 9.17) is 0 Å². The van der Waals surface area contributed by atoms with Crippen molar-refractivity contribution in [1.29, 1.82) is 0 Å². The molecule has 0 bridgehead atoms. The van der Waals surface area contributed by atoms with E-state index in [0.717, 1.165) is 34.0 Å². The first-order valence-corrected chi connectivity index (χ1v) is 12.9. The predicted molar refractivity (Wildman–Crippen MR) is 162 cm³/mol. The highest BCUT2D eigenvalue weighted by atomic mass is 15.1. The van der Waals surface area contributed by atoms with Crippen molar-refractivity contribution in [3.8, 4) is 22.3 Å². The molecule has 6 aromatic carbocycles. The molecule has 0 unspecified atom stereocenters. The summed E-state index contributed by atoms with van der Waals surface area (Å²) in [7, 11) is 0. The number of hydrogen-bond acceptors (Lipinski definition) is 2. The smallest absolute Gasteiger partial charge is 0.0546 e. The van der Waals surface area contributed by atoms with Crippen molar-refractivity contribution in [2.75, 3.05) is 10.2 Å². The molecule has 182 valence electrons. The number of nitrogens with zero attached hydrogens (tertiary/aromatic N) is 1. The highest BCUT2D eigenvalue weighted by Crippen LogP contribution is 2.42. The SMILES string of the molecule is c1ccc(Nc2ccc(-c3ccc(-c4ccccc4)cc3N(c3ccccc3)c3ccccc3)cc2)cc1. The van der Waals surface area contributed by atoms with Crippen LogP contribution in [-0.2, 0) is 0 Å². The second kappa shape index (κ2) is 10.9. The normalized spacial score (nSPS) is 10.6. The molecule has 0 aromatic heterocycles. The third-order valence-electron chi connectivity index (χ3n) is 6.63. The van der Waals surface area contributed by atoms with Gasteiger partial charge in [-0.15, -0.1) is 0 Å². The molecule has 0 radical (unpaired) electrons. The molecule has 0 heterocycles. The molecule has 1 N–H and O–H groups in total. The Morgan fingerprint density at radius 1 is 0.368 bits per heavy atom. The fourth-order valence-corrected chi connectivity index (χ4v) is 4.77. The average Bonchev–Trinajstić information content (AvgIpc) is 3.00. The Hall–Kier alpha value is -5.08. The molecule has 0 spiro atoms. The minimum Gasteiger partial charge on any atom is -0.356 e. The molecule has 0 amide bonds. The summed E-state index contributed by atoms with van der Waals surface area (Å²) in [6, 6.07) is 57.4. The minimum absolute atomic E-state index is 1.06. The molecule has 0 atom stereocenters. The summed E-state index contributed by atoms with van der Waals surface area (Å²) < 4.78 is 0. The summed E-state index contributed by atoms with van der Waals surface area (Å²) >= 11 is 0. The van der Waals surface area contributed by atoms with Crippen LogP contribution in [0.5, 0.6) is 0 Å². The molecule has 6 rings (SSSR count). The number of para-hydroxylation sites is 3. The van der Waals surface area contributed by atoms with E-state index in [9.17, 15) is 0 Å². The van der Waals surface area contributed by atoms with E-state index in [2.05, 4.69) is 156 Å². The van der Waals surface area contributed by atoms with E-state index in [0.29, 0.717) is 0 Å². The highest BCUT2D eigenvalue weighted by molar-refractivity contribution is 5.91. The predicted octanol–water partition coefficient (Wildman–Crippen LogP) is 10.2. The van der Waals surface area contributed by atoms with Gasteiger partial charge in [0.2, 0.25) is 0 Å². The number of nitrogens with one attached hydrogen (secondary N) is 1. The summed E-state index contributed by atoms with van der Waals surface area (Å²) in [5.74, 6) is 0. The van der Waals surface area contributed by atoms with Gasteiger partial charge in [-0.25, -0.2) is 0 Å². The number of anilines is 5. The van der Waals surface area contributed by atoms with Gasteiger partial charge in [-0.2, -0.15) is 0 Å². The van der Waals surface area contributed by atoms with E-state index in [-0.39, 0.29) is 0 Å². The quantitative estimate of drug-likeness (QED) is 0.240. The first kappa shape index (κ1) is 23.3.